The van der Waals surface area contributed by atoms with Crippen LogP contribution in [0.15, 0.2) is 12.4 Å². The van der Waals surface area contributed by atoms with Gasteiger partial charge in [-0.1, -0.05) is 0 Å². The normalized spacial score (nSPS) is 41.5. The van der Waals surface area contributed by atoms with Crippen LogP contribution in [-0.4, -0.2) is 15.6 Å². The van der Waals surface area contributed by atoms with Crippen molar-refractivity contribution in [1.82, 2.24) is 14.9 Å². The molecule has 0 radical (unpaired) electrons. The van der Waals surface area contributed by atoms with Crippen LogP contribution in [0, 0.1) is 23.7 Å². The third-order valence-corrected chi connectivity index (χ3v) is 5.64. The van der Waals surface area contributed by atoms with E-state index >= 15 is 0 Å². The summed E-state index contributed by atoms with van der Waals surface area (Å²) >= 11 is 0. The zero-order valence-electron chi connectivity index (χ0n) is 11.2. The monoisotopic (exact) mass is 245 g/mol. The number of hydrogen-bond acceptors (Lipinski definition) is 2. The lowest BCUT2D eigenvalue weighted by molar-refractivity contribution is -0.0145. The lowest BCUT2D eigenvalue weighted by Gasteiger charge is -2.54. The summed E-state index contributed by atoms with van der Waals surface area (Å²) in [5, 5.41) is 3.82. The molecule has 1 heterocycles. The molecular formula is C15H23N3. The summed E-state index contributed by atoms with van der Waals surface area (Å²) in [5.74, 6) is 5.23. The fourth-order valence-electron chi connectivity index (χ4n) is 5.03. The van der Waals surface area contributed by atoms with Crippen LogP contribution in [0.3, 0.4) is 0 Å². The van der Waals surface area contributed by atoms with E-state index in [2.05, 4.69) is 21.9 Å². The Hall–Kier alpha value is -0.830. The third kappa shape index (κ3) is 1.71. The molecule has 0 spiro atoms. The molecule has 0 unspecified atom stereocenters. The van der Waals surface area contributed by atoms with Gasteiger partial charge in [0.2, 0.25) is 0 Å². The first-order valence-corrected chi connectivity index (χ1v) is 7.49. The highest BCUT2D eigenvalue weighted by molar-refractivity contribution is 5.02. The molecule has 3 nitrogen and oxygen atoms in total. The first-order chi connectivity index (χ1) is 8.79. The SMILES string of the molecule is Cn1ccnc1CNC1C2CC3CC(C2)CC1C3. The van der Waals surface area contributed by atoms with Gasteiger partial charge in [-0.3, -0.25) is 0 Å². The van der Waals surface area contributed by atoms with Crippen LogP contribution in [-0.2, 0) is 13.6 Å². The molecule has 4 fully saturated rings. The highest BCUT2D eigenvalue weighted by atomic mass is 15.1. The molecular weight excluding hydrogens is 222 g/mol. The minimum Gasteiger partial charge on any atom is -0.337 e. The van der Waals surface area contributed by atoms with Crippen molar-refractivity contribution in [2.24, 2.45) is 30.7 Å². The van der Waals surface area contributed by atoms with Crippen molar-refractivity contribution in [3.05, 3.63) is 18.2 Å². The van der Waals surface area contributed by atoms with E-state index in [-0.39, 0.29) is 0 Å². The molecule has 0 amide bonds. The lowest BCUT2D eigenvalue weighted by atomic mass is 9.54. The van der Waals surface area contributed by atoms with Gasteiger partial charge in [-0.05, 0) is 55.8 Å². The van der Waals surface area contributed by atoms with Gasteiger partial charge in [0.15, 0.2) is 0 Å². The van der Waals surface area contributed by atoms with Gasteiger partial charge in [-0.2, -0.15) is 0 Å². The number of hydrogen-bond donors (Lipinski definition) is 1. The summed E-state index contributed by atoms with van der Waals surface area (Å²) < 4.78 is 2.13. The Morgan fingerprint density at radius 2 is 1.83 bits per heavy atom. The van der Waals surface area contributed by atoms with Crippen molar-refractivity contribution >= 4 is 0 Å². The number of nitrogens with one attached hydrogen (secondary N) is 1. The maximum Gasteiger partial charge on any atom is 0.122 e. The van der Waals surface area contributed by atoms with Crippen LogP contribution in [0.2, 0.25) is 0 Å². The van der Waals surface area contributed by atoms with E-state index in [9.17, 15) is 0 Å². The predicted molar refractivity (Wildman–Crippen MR) is 70.9 cm³/mol. The fraction of sp³-hybridized carbons (Fsp3) is 0.800. The lowest BCUT2D eigenvalue weighted by Crippen LogP contribution is -2.54. The first kappa shape index (κ1) is 11.0. The highest BCUT2D eigenvalue weighted by Gasteiger charge is 2.47. The Morgan fingerprint density at radius 1 is 1.17 bits per heavy atom. The summed E-state index contributed by atoms with van der Waals surface area (Å²) in [6.45, 7) is 0.941. The Kier molecular flexibility index (Phi) is 2.51. The molecule has 0 aliphatic heterocycles. The van der Waals surface area contributed by atoms with Crippen molar-refractivity contribution in [1.29, 1.82) is 0 Å². The van der Waals surface area contributed by atoms with Crippen LogP contribution in [0.4, 0.5) is 0 Å². The van der Waals surface area contributed by atoms with Crippen LogP contribution < -0.4 is 5.32 Å². The van der Waals surface area contributed by atoms with Gasteiger partial charge >= 0.3 is 0 Å². The number of imidazole rings is 1. The third-order valence-electron chi connectivity index (χ3n) is 5.64. The second-order valence-corrected chi connectivity index (χ2v) is 6.79. The topological polar surface area (TPSA) is 29.9 Å². The summed E-state index contributed by atoms with van der Waals surface area (Å²) in [6.07, 6.45) is 11.4. The van der Waals surface area contributed by atoms with Gasteiger partial charge in [-0.15, -0.1) is 0 Å². The predicted octanol–water partition coefficient (Wildman–Crippen LogP) is 2.33. The zero-order valence-corrected chi connectivity index (χ0v) is 11.2. The molecule has 4 aliphatic rings. The number of aryl methyl sites for hydroxylation is 1. The molecule has 0 atom stereocenters. The minimum atomic E-state index is 0.773. The van der Waals surface area contributed by atoms with Crippen molar-refractivity contribution in [2.45, 2.75) is 44.7 Å². The first-order valence-electron chi connectivity index (χ1n) is 7.49. The average molecular weight is 245 g/mol. The summed E-state index contributed by atoms with van der Waals surface area (Å²) in [4.78, 5) is 4.42. The average Bonchev–Trinajstić information content (AvgIpc) is 2.73. The van der Waals surface area contributed by atoms with Gasteiger partial charge in [-0.25, -0.2) is 4.98 Å². The van der Waals surface area contributed by atoms with Gasteiger partial charge in [0, 0.05) is 25.5 Å². The molecule has 1 N–H and O–H groups in total. The molecule has 3 heteroatoms. The van der Waals surface area contributed by atoms with Crippen molar-refractivity contribution in [2.75, 3.05) is 0 Å². The van der Waals surface area contributed by atoms with Crippen molar-refractivity contribution in [3.8, 4) is 0 Å². The van der Waals surface area contributed by atoms with Gasteiger partial charge in [0.25, 0.3) is 0 Å². The summed E-state index contributed by atoms with van der Waals surface area (Å²) in [6, 6.07) is 0.773. The molecule has 18 heavy (non-hydrogen) atoms. The second kappa shape index (κ2) is 4.09. The van der Waals surface area contributed by atoms with Crippen LogP contribution in [0.25, 0.3) is 0 Å². The Morgan fingerprint density at radius 3 is 2.39 bits per heavy atom. The van der Waals surface area contributed by atoms with Crippen LogP contribution in [0.5, 0.6) is 0 Å². The van der Waals surface area contributed by atoms with E-state index in [0.717, 1.165) is 36.3 Å². The molecule has 4 aliphatic carbocycles. The van der Waals surface area contributed by atoms with E-state index in [0.29, 0.717) is 0 Å². The molecule has 98 valence electrons. The van der Waals surface area contributed by atoms with E-state index in [4.69, 9.17) is 0 Å². The van der Waals surface area contributed by atoms with E-state index in [1.54, 1.807) is 6.42 Å². The standard InChI is InChI=1S/C15H23N3/c1-18-3-2-16-14(18)9-17-15-12-5-10-4-11(7-12)8-13(15)6-10/h2-3,10-13,15,17H,4-9H2,1H3. The molecule has 0 saturated heterocycles. The van der Waals surface area contributed by atoms with Crippen LogP contribution in [0.1, 0.15) is 37.9 Å². The van der Waals surface area contributed by atoms with Crippen molar-refractivity contribution < 1.29 is 0 Å². The molecule has 4 bridgehead atoms. The van der Waals surface area contributed by atoms with E-state index in [1.807, 2.05) is 12.4 Å². The maximum absolute atomic E-state index is 4.42. The number of rotatable bonds is 3. The van der Waals surface area contributed by atoms with E-state index < -0.39 is 0 Å². The molecule has 1 aromatic rings. The van der Waals surface area contributed by atoms with Gasteiger partial charge in [0.1, 0.15) is 5.82 Å². The molecule has 4 saturated carbocycles. The summed E-state index contributed by atoms with van der Waals surface area (Å²) in [7, 11) is 2.08. The minimum absolute atomic E-state index is 0.773. The zero-order chi connectivity index (χ0) is 12.1. The molecule has 1 aromatic heterocycles. The highest BCUT2D eigenvalue weighted by Crippen LogP contribution is 2.53. The quantitative estimate of drug-likeness (QED) is 0.886. The van der Waals surface area contributed by atoms with Gasteiger partial charge < -0.3 is 9.88 Å². The Balaban J connectivity index is 1.45. The number of aromatic nitrogens is 2. The van der Waals surface area contributed by atoms with E-state index in [1.165, 1.54) is 31.5 Å². The largest absolute Gasteiger partial charge is 0.337 e. The molecule has 0 aromatic carbocycles. The Bertz CT molecular complexity index is 409. The second-order valence-electron chi connectivity index (χ2n) is 6.79. The number of nitrogens with zero attached hydrogens (tertiary/aromatic N) is 2. The van der Waals surface area contributed by atoms with Crippen LogP contribution >= 0.6 is 0 Å². The summed E-state index contributed by atoms with van der Waals surface area (Å²) in [5.41, 5.74) is 0. The Labute approximate surface area is 109 Å². The van der Waals surface area contributed by atoms with Gasteiger partial charge in [0.05, 0.1) is 6.54 Å². The maximum atomic E-state index is 4.42. The fourth-order valence-corrected chi connectivity index (χ4v) is 5.03. The van der Waals surface area contributed by atoms with Crippen molar-refractivity contribution in [3.63, 3.8) is 0 Å². The smallest absolute Gasteiger partial charge is 0.122 e. The molecule has 5 rings (SSSR count).